The lowest BCUT2D eigenvalue weighted by Gasteiger charge is -2.17. The molecule has 9 heteroatoms. The van der Waals surface area contributed by atoms with Gasteiger partial charge in [-0.25, -0.2) is 9.97 Å². The number of aryl methyl sites for hydroxylation is 1. The van der Waals surface area contributed by atoms with Gasteiger partial charge in [-0.05, 0) is 30.2 Å². The molecule has 2 aliphatic rings. The second-order valence-corrected chi connectivity index (χ2v) is 9.13. The lowest BCUT2D eigenvalue weighted by atomic mass is 10.1. The van der Waals surface area contributed by atoms with E-state index in [4.69, 9.17) is 24.2 Å². The molecule has 1 saturated heterocycles. The minimum absolute atomic E-state index is 0.00601. The van der Waals surface area contributed by atoms with E-state index in [1.807, 2.05) is 24.3 Å². The largest absolute Gasteiger partial charge is 0.486 e. The molecule has 0 unspecified atom stereocenters. The molecule has 0 amide bonds. The summed E-state index contributed by atoms with van der Waals surface area (Å²) in [6, 6.07) is 9.23. The van der Waals surface area contributed by atoms with Crippen LogP contribution in [0.5, 0.6) is 11.6 Å². The monoisotopic (exact) mass is 451 g/mol. The summed E-state index contributed by atoms with van der Waals surface area (Å²) >= 11 is 1.44. The molecule has 2 aromatic carbocycles. The second-order valence-electron chi connectivity index (χ2n) is 8.10. The van der Waals surface area contributed by atoms with Crippen LogP contribution >= 0.6 is 11.5 Å². The predicted molar refractivity (Wildman–Crippen MR) is 120 cm³/mol. The van der Waals surface area contributed by atoms with Gasteiger partial charge in [0.2, 0.25) is 5.88 Å². The quantitative estimate of drug-likeness (QED) is 0.500. The topological polar surface area (TPSA) is 95.7 Å². The van der Waals surface area contributed by atoms with E-state index in [0.717, 1.165) is 23.1 Å². The highest BCUT2D eigenvalue weighted by Gasteiger charge is 2.29. The smallest absolute Gasteiger partial charge is 0.268 e. The number of rotatable bonds is 2. The first kappa shape index (κ1) is 19.7. The molecule has 0 radical (unpaired) electrons. The number of hydrogen-bond donors (Lipinski definition) is 1. The lowest BCUT2D eigenvalue weighted by Crippen LogP contribution is -2.19. The number of benzene rings is 2. The molecule has 1 N–H and O–H groups in total. The average molecular weight is 452 g/mol. The van der Waals surface area contributed by atoms with Crippen LogP contribution in [0.1, 0.15) is 18.4 Å². The molecule has 2 aliphatic heterocycles. The van der Waals surface area contributed by atoms with E-state index >= 15 is 0 Å². The van der Waals surface area contributed by atoms with Crippen LogP contribution < -0.4 is 15.0 Å². The number of ether oxygens (including phenoxy) is 3. The van der Waals surface area contributed by atoms with Crippen molar-refractivity contribution in [2.24, 2.45) is 0 Å². The van der Waals surface area contributed by atoms with E-state index in [2.05, 4.69) is 0 Å². The van der Waals surface area contributed by atoms with Crippen molar-refractivity contribution in [3.8, 4) is 22.9 Å². The fourth-order valence-electron chi connectivity index (χ4n) is 4.49. The summed E-state index contributed by atoms with van der Waals surface area (Å²) in [6.07, 6.45) is 1.36. The third-order valence-corrected chi connectivity index (χ3v) is 7.25. The molecule has 1 fully saturated rings. The predicted octanol–water partition coefficient (Wildman–Crippen LogP) is 3.11. The van der Waals surface area contributed by atoms with Gasteiger partial charge in [0.1, 0.15) is 23.1 Å². The van der Waals surface area contributed by atoms with Crippen LogP contribution in [0.4, 0.5) is 0 Å². The zero-order chi connectivity index (χ0) is 21.8. The number of aliphatic hydroxyl groups excluding tert-OH is 1. The van der Waals surface area contributed by atoms with Gasteiger partial charge in [0, 0.05) is 18.5 Å². The Bertz CT molecular complexity index is 1410. The third kappa shape index (κ3) is 3.08. The molecular formula is C23H21N3O5S. The van der Waals surface area contributed by atoms with E-state index < -0.39 is 0 Å². The van der Waals surface area contributed by atoms with Gasteiger partial charge in [0.15, 0.2) is 0 Å². The number of fused-ring (bicyclic) bond motifs is 5. The molecular weight excluding hydrogens is 430 g/mol. The van der Waals surface area contributed by atoms with Crippen molar-refractivity contribution in [2.75, 3.05) is 13.7 Å². The van der Waals surface area contributed by atoms with Crippen LogP contribution in [0.15, 0.2) is 35.1 Å². The first-order valence-electron chi connectivity index (χ1n) is 10.6. The zero-order valence-electron chi connectivity index (χ0n) is 17.4. The highest BCUT2D eigenvalue weighted by molar-refractivity contribution is 7.14. The van der Waals surface area contributed by atoms with Crippen LogP contribution in [0.2, 0.25) is 0 Å². The van der Waals surface area contributed by atoms with Crippen molar-refractivity contribution in [3.05, 3.63) is 46.2 Å². The van der Waals surface area contributed by atoms with Crippen LogP contribution in [-0.2, 0) is 17.9 Å². The summed E-state index contributed by atoms with van der Waals surface area (Å²) < 4.78 is 20.5. The first-order valence-corrected chi connectivity index (χ1v) is 11.3. The van der Waals surface area contributed by atoms with E-state index in [1.54, 1.807) is 17.1 Å². The van der Waals surface area contributed by atoms with E-state index in [9.17, 15) is 9.90 Å². The molecule has 2 aromatic heterocycles. The van der Waals surface area contributed by atoms with Gasteiger partial charge in [0.25, 0.3) is 5.56 Å². The van der Waals surface area contributed by atoms with E-state index in [0.29, 0.717) is 52.5 Å². The minimum atomic E-state index is -0.136. The molecule has 4 aromatic rings. The molecule has 6 bridgehead atoms. The van der Waals surface area contributed by atoms with E-state index in [-0.39, 0.29) is 24.4 Å². The molecule has 6 rings (SSSR count). The zero-order valence-corrected chi connectivity index (χ0v) is 18.2. The van der Waals surface area contributed by atoms with Gasteiger partial charge in [-0.15, -0.1) is 0 Å². The summed E-state index contributed by atoms with van der Waals surface area (Å²) in [5, 5.41) is 10.4. The maximum Gasteiger partial charge on any atom is 0.268 e. The molecule has 0 aliphatic carbocycles. The van der Waals surface area contributed by atoms with Gasteiger partial charge in [-0.1, -0.05) is 23.7 Å². The van der Waals surface area contributed by atoms with Crippen LogP contribution in [0.25, 0.3) is 32.4 Å². The Balaban J connectivity index is 1.68. The second kappa shape index (κ2) is 7.54. The molecule has 164 valence electrons. The third-order valence-electron chi connectivity index (χ3n) is 6.06. The van der Waals surface area contributed by atoms with Gasteiger partial charge < -0.3 is 19.3 Å². The van der Waals surface area contributed by atoms with Crippen molar-refractivity contribution in [1.29, 1.82) is 0 Å². The number of methoxy groups -OCH3 is 1. The molecule has 0 spiro atoms. The Hall–Kier alpha value is -3.01. The molecule has 32 heavy (non-hydrogen) atoms. The van der Waals surface area contributed by atoms with Gasteiger partial charge >= 0.3 is 0 Å². The first-order chi connectivity index (χ1) is 15.6. The lowest BCUT2D eigenvalue weighted by molar-refractivity contribution is 0.0870. The van der Waals surface area contributed by atoms with Crippen molar-refractivity contribution >= 4 is 32.7 Å². The molecule has 8 nitrogen and oxygen atoms in total. The van der Waals surface area contributed by atoms with E-state index in [1.165, 1.54) is 11.5 Å². The van der Waals surface area contributed by atoms with Crippen molar-refractivity contribution in [3.63, 3.8) is 0 Å². The Morgan fingerprint density at radius 1 is 1.28 bits per heavy atom. The van der Waals surface area contributed by atoms with Crippen LogP contribution in [0, 0.1) is 0 Å². The van der Waals surface area contributed by atoms with Crippen molar-refractivity contribution < 1.29 is 19.3 Å². The van der Waals surface area contributed by atoms with Crippen molar-refractivity contribution in [2.45, 2.75) is 38.2 Å². The molecule has 0 saturated carbocycles. The Kier molecular flexibility index (Phi) is 4.63. The van der Waals surface area contributed by atoms with Crippen molar-refractivity contribution in [1.82, 2.24) is 13.9 Å². The van der Waals surface area contributed by atoms with Crippen LogP contribution in [0.3, 0.4) is 0 Å². The number of aliphatic hydroxyl groups is 1. The number of aromatic nitrogens is 3. The Morgan fingerprint density at radius 2 is 2.19 bits per heavy atom. The van der Waals surface area contributed by atoms with Crippen LogP contribution in [-0.4, -0.2) is 45.0 Å². The van der Waals surface area contributed by atoms with Gasteiger partial charge in [0.05, 0.1) is 42.0 Å². The maximum atomic E-state index is 13.0. The summed E-state index contributed by atoms with van der Waals surface area (Å²) in [6.45, 7) is 0.917. The standard InChI is InChI=1S/C23H21N3O5S/c1-29-22-19-15-3-2-4-16-21(15)32-26(23(16)28)6-5-13-9-14(11-30-13)31-18-8-12(10-27)7-17(24-22)20(18)25-19/h2-4,7-8,13-14,27H,5-6,9-11H2,1H3/t13-,14+/m1/s1. The highest BCUT2D eigenvalue weighted by atomic mass is 32.1. The summed E-state index contributed by atoms with van der Waals surface area (Å²) in [4.78, 5) is 22.7. The normalized spacial score (nSPS) is 20.1. The van der Waals surface area contributed by atoms with Gasteiger partial charge in [-0.2, -0.15) is 0 Å². The Morgan fingerprint density at radius 3 is 3.03 bits per heavy atom. The molecule has 4 heterocycles. The highest BCUT2D eigenvalue weighted by Crippen LogP contribution is 2.38. The Labute approximate surface area is 187 Å². The minimum Gasteiger partial charge on any atom is -0.486 e. The SMILES string of the molecule is COc1nc2cc(CO)cc3c2nc1-c1cccc2c(=O)n(sc12)CC[C@@H]1C[C@@H](CO1)O3. The number of nitrogens with zero attached hydrogens (tertiary/aromatic N) is 3. The summed E-state index contributed by atoms with van der Waals surface area (Å²) in [7, 11) is 1.55. The average Bonchev–Trinajstić information content (AvgIpc) is 3.40. The molecule has 2 atom stereocenters. The fourth-order valence-corrected chi connectivity index (χ4v) is 5.60. The summed E-state index contributed by atoms with van der Waals surface area (Å²) in [5.41, 5.74) is 3.19. The fraction of sp³-hybridized carbons (Fsp3) is 0.348. The maximum absolute atomic E-state index is 13.0. The summed E-state index contributed by atoms with van der Waals surface area (Å²) in [5.74, 6) is 0.919. The number of hydrogen-bond acceptors (Lipinski definition) is 8. The van der Waals surface area contributed by atoms with Gasteiger partial charge in [-0.3, -0.25) is 8.75 Å².